The lowest BCUT2D eigenvalue weighted by molar-refractivity contribution is 0.0843. The van der Waals surface area contributed by atoms with Crippen LogP contribution in [0.1, 0.15) is 53.3 Å². The molecule has 0 aromatic heterocycles. The summed E-state index contributed by atoms with van der Waals surface area (Å²) in [5.74, 6) is -0.250. The quantitative estimate of drug-likeness (QED) is 0.346. The highest BCUT2D eigenvalue weighted by Crippen LogP contribution is 2.18. The average Bonchev–Trinajstić information content (AvgIpc) is 2.66. The molecule has 2 N–H and O–H groups in total. The molecule has 0 aliphatic rings. The Bertz CT molecular complexity index is 749. The van der Waals surface area contributed by atoms with Crippen LogP contribution < -0.4 is 15.6 Å². The summed E-state index contributed by atoms with van der Waals surface area (Å²) in [6.45, 7) is 2.73. The van der Waals surface area contributed by atoms with E-state index in [-0.39, 0.29) is 5.91 Å². The van der Waals surface area contributed by atoms with Gasteiger partial charge in [0.15, 0.2) is 0 Å². The Morgan fingerprint density at radius 2 is 1.50 bits per heavy atom. The van der Waals surface area contributed by atoms with Crippen molar-refractivity contribution in [2.24, 2.45) is 0 Å². The molecule has 0 aliphatic heterocycles. The van der Waals surface area contributed by atoms with Crippen molar-refractivity contribution in [3.05, 3.63) is 63.2 Å². The van der Waals surface area contributed by atoms with Crippen molar-refractivity contribution in [3.8, 4) is 5.75 Å². The minimum Gasteiger partial charge on any atom is -0.493 e. The molecule has 0 atom stereocenters. The summed E-state index contributed by atoms with van der Waals surface area (Å²) in [6, 6.07) is 14.2. The molecule has 2 rings (SSSR count). The van der Waals surface area contributed by atoms with E-state index in [4.69, 9.17) is 4.74 Å². The molecule has 0 fully saturated rings. The number of ether oxygens (including phenoxy) is 1. The van der Waals surface area contributed by atoms with Crippen molar-refractivity contribution >= 4 is 34.4 Å². The summed E-state index contributed by atoms with van der Waals surface area (Å²) < 4.78 is 6.55. The van der Waals surface area contributed by atoms with Crippen molar-refractivity contribution in [2.75, 3.05) is 6.61 Å². The third kappa shape index (κ3) is 6.01. The van der Waals surface area contributed by atoms with E-state index in [9.17, 15) is 9.59 Å². The molecule has 2 amide bonds. The molecule has 5 nitrogen and oxygen atoms in total. The van der Waals surface area contributed by atoms with Crippen LogP contribution in [-0.4, -0.2) is 18.4 Å². The lowest BCUT2D eigenvalue weighted by Gasteiger charge is -2.12. The molecule has 6 heteroatoms. The SMILES string of the molecule is CCCCCCOc1ccccc1C(=O)NNC(=O)c1ccccc1I. The molecule has 0 unspecified atom stereocenters. The van der Waals surface area contributed by atoms with E-state index in [0.29, 0.717) is 23.5 Å². The number of hydrazine groups is 1. The van der Waals surface area contributed by atoms with E-state index >= 15 is 0 Å². The third-order valence-corrected chi connectivity index (χ3v) is 4.74. The van der Waals surface area contributed by atoms with E-state index in [1.807, 2.05) is 18.2 Å². The number of nitrogens with one attached hydrogen (secondary N) is 2. The zero-order valence-electron chi connectivity index (χ0n) is 14.8. The number of carbonyl (C=O) groups is 2. The van der Waals surface area contributed by atoms with Crippen LogP contribution in [0.4, 0.5) is 0 Å². The van der Waals surface area contributed by atoms with E-state index in [1.54, 1.807) is 30.3 Å². The summed E-state index contributed by atoms with van der Waals surface area (Å²) in [5.41, 5.74) is 5.81. The smallest absolute Gasteiger partial charge is 0.273 e. The molecule has 26 heavy (non-hydrogen) atoms. The van der Waals surface area contributed by atoms with Crippen LogP contribution in [0.15, 0.2) is 48.5 Å². The monoisotopic (exact) mass is 466 g/mol. The van der Waals surface area contributed by atoms with Gasteiger partial charge in [0.05, 0.1) is 17.7 Å². The number of para-hydroxylation sites is 1. The zero-order chi connectivity index (χ0) is 18.8. The van der Waals surface area contributed by atoms with Crippen molar-refractivity contribution in [3.63, 3.8) is 0 Å². The van der Waals surface area contributed by atoms with E-state index in [0.717, 1.165) is 16.4 Å². The molecular weight excluding hydrogens is 443 g/mol. The Morgan fingerprint density at radius 3 is 2.19 bits per heavy atom. The predicted octanol–water partition coefficient (Wildman–Crippen LogP) is 4.33. The van der Waals surface area contributed by atoms with Gasteiger partial charge in [0.2, 0.25) is 0 Å². The second-order valence-corrected chi connectivity index (χ2v) is 6.96. The van der Waals surface area contributed by atoms with Crippen LogP contribution in [0, 0.1) is 3.57 Å². The Hall–Kier alpha value is -2.09. The standard InChI is InChI=1S/C20H23IN2O3/c1-2-3-4-9-14-26-18-13-8-6-11-16(18)20(25)23-22-19(24)15-10-5-7-12-17(15)21/h5-8,10-13H,2-4,9,14H2,1H3,(H,22,24)(H,23,25). The number of amides is 2. The first-order chi connectivity index (χ1) is 12.6. The largest absolute Gasteiger partial charge is 0.493 e. The molecule has 0 heterocycles. The minimum atomic E-state index is -0.409. The number of hydrogen-bond donors (Lipinski definition) is 2. The van der Waals surface area contributed by atoms with E-state index in [2.05, 4.69) is 40.4 Å². The number of halogens is 1. The molecule has 0 spiro atoms. The third-order valence-electron chi connectivity index (χ3n) is 3.80. The van der Waals surface area contributed by atoms with Gasteiger partial charge in [-0.05, 0) is 53.3 Å². The number of carbonyl (C=O) groups excluding carboxylic acids is 2. The van der Waals surface area contributed by atoms with Crippen LogP contribution in [0.5, 0.6) is 5.75 Å². The van der Waals surface area contributed by atoms with Gasteiger partial charge in [-0.3, -0.25) is 20.4 Å². The fourth-order valence-corrected chi connectivity index (χ4v) is 3.02. The van der Waals surface area contributed by atoms with Crippen molar-refractivity contribution in [1.29, 1.82) is 0 Å². The van der Waals surface area contributed by atoms with Crippen molar-refractivity contribution < 1.29 is 14.3 Å². The minimum absolute atomic E-state index is 0.360. The van der Waals surface area contributed by atoms with Gasteiger partial charge in [-0.25, -0.2) is 0 Å². The molecule has 0 saturated heterocycles. The van der Waals surface area contributed by atoms with Crippen LogP contribution in [-0.2, 0) is 0 Å². The topological polar surface area (TPSA) is 67.4 Å². The molecule has 0 saturated carbocycles. The van der Waals surface area contributed by atoms with Crippen molar-refractivity contribution in [1.82, 2.24) is 10.9 Å². The van der Waals surface area contributed by atoms with Gasteiger partial charge in [0.1, 0.15) is 5.75 Å². The Morgan fingerprint density at radius 1 is 0.885 bits per heavy atom. The molecule has 0 radical (unpaired) electrons. The van der Waals surface area contributed by atoms with E-state index in [1.165, 1.54) is 12.8 Å². The highest BCUT2D eigenvalue weighted by molar-refractivity contribution is 14.1. The van der Waals surface area contributed by atoms with Gasteiger partial charge in [0.25, 0.3) is 11.8 Å². The Labute approximate surface area is 167 Å². The Balaban J connectivity index is 1.93. The molecule has 0 aliphatic carbocycles. The maximum absolute atomic E-state index is 12.4. The highest BCUT2D eigenvalue weighted by atomic mass is 127. The van der Waals surface area contributed by atoms with E-state index < -0.39 is 5.91 Å². The predicted molar refractivity (Wildman–Crippen MR) is 110 cm³/mol. The lowest BCUT2D eigenvalue weighted by atomic mass is 10.2. The highest BCUT2D eigenvalue weighted by Gasteiger charge is 2.14. The average molecular weight is 466 g/mol. The van der Waals surface area contributed by atoms with Crippen LogP contribution in [0.3, 0.4) is 0 Å². The normalized spacial score (nSPS) is 10.2. The summed E-state index contributed by atoms with van der Waals surface area (Å²) in [5, 5.41) is 0. The van der Waals surface area contributed by atoms with Crippen LogP contribution in [0.2, 0.25) is 0 Å². The first-order valence-electron chi connectivity index (χ1n) is 8.70. The van der Waals surface area contributed by atoms with Gasteiger partial charge in [-0.2, -0.15) is 0 Å². The van der Waals surface area contributed by atoms with Crippen LogP contribution in [0.25, 0.3) is 0 Å². The van der Waals surface area contributed by atoms with Gasteiger partial charge in [-0.1, -0.05) is 50.5 Å². The zero-order valence-corrected chi connectivity index (χ0v) is 16.9. The lowest BCUT2D eigenvalue weighted by Crippen LogP contribution is -2.42. The molecule has 0 bridgehead atoms. The number of benzene rings is 2. The fraction of sp³-hybridized carbons (Fsp3) is 0.300. The second kappa shape index (κ2) is 10.8. The van der Waals surface area contributed by atoms with Gasteiger partial charge < -0.3 is 4.74 Å². The maximum Gasteiger partial charge on any atom is 0.273 e. The van der Waals surface area contributed by atoms with Gasteiger partial charge in [0, 0.05) is 3.57 Å². The summed E-state index contributed by atoms with van der Waals surface area (Å²) in [6.07, 6.45) is 4.40. The second-order valence-electron chi connectivity index (χ2n) is 5.79. The first kappa shape index (κ1) is 20.2. The van der Waals surface area contributed by atoms with Crippen molar-refractivity contribution in [2.45, 2.75) is 32.6 Å². The summed E-state index contributed by atoms with van der Waals surface area (Å²) in [7, 11) is 0. The molecular formula is C20H23IN2O3. The first-order valence-corrected chi connectivity index (χ1v) is 9.78. The fourth-order valence-electron chi connectivity index (χ4n) is 2.38. The molecule has 2 aromatic carbocycles. The molecule has 138 valence electrons. The summed E-state index contributed by atoms with van der Waals surface area (Å²) in [4.78, 5) is 24.6. The number of rotatable bonds is 8. The maximum atomic E-state index is 12.4. The number of hydrogen-bond acceptors (Lipinski definition) is 3. The number of unbranched alkanes of at least 4 members (excludes halogenated alkanes) is 3. The van der Waals surface area contributed by atoms with Crippen LogP contribution >= 0.6 is 22.6 Å². The van der Waals surface area contributed by atoms with Gasteiger partial charge in [-0.15, -0.1) is 0 Å². The summed E-state index contributed by atoms with van der Waals surface area (Å²) >= 11 is 2.08. The Kier molecular flexibility index (Phi) is 8.40. The molecule has 2 aromatic rings. The van der Waals surface area contributed by atoms with Gasteiger partial charge >= 0.3 is 0 Å².